The molecule has 0 heterocycles. The smallest absolute Gasteiger partial charge is 0.263 e. The van der Waals surface area contributed by atoms with Crippen molar-refractivity contribution in [2.75, 3.05) is 4.72 Å². The summed E-state index contributed by atoms with van der Waals surface area (Å²) in [6.07, 6.45) is 0. The molecule has 0 radical (unpaired) electrons. The highest BCUT2D eigenvalue weighted by atomic mass is 79.9. The SMILES string of the molecule is O=S(=O)(Nc1ccc(F)cc1Br)c1cc(Br)ccc1Br. The van der Waals surface area contributed by atoms with E-state index in [0.717, 1.165) is 0 Å². The summed E-state index contributed by atoms with van der Waals surface area (Å²) >= 11 is 9.54. The Hall–Kier alpha value is -0.440. The molecule has 0 amide bonds. The highest BCUT2D eigenvalue weighted by Gasteiger charge is 2.19. The number of hydrogen-bond acceptors (Lipinski definition) is 2. The molecule has 8 heteroatoms. The van der Waals surface area contributed by atoms with E-state index in [4.69, 9.17) is 0 Å². The van der Waals surface area contributed by atoms with Crippen molar-refractivity contribution in [1.82, 2.24) is 0 Å². The van der Waals surface area contributed by atoms with Crippen LogP contribution >= 0.6 is 47.8 Å². The number of halogens is 4. The Balaban J connectivity index is 2.43. The van der Waals surface area contributed by atoms with Gasteiger partial charge in [-0.2, -0.15) is 0 Å². The Kier molecular flexibility index (Phi) is 4.88. The number of sulfonamides is 1. The van der Waals surface area contributed by atoms with Gasteiger partial charge in [-0.1, -0.05) is 15.9 Å². The summed E-state index contributed by atoms with van der Waals surface area (Å²) in [5.41, 5.74) is 0.262. The summed E-state index contributed by atoms with van der Waals surface area (Å²) in [5, 5.41) is 0. The van der Waals surface area contributed by atoms with Gasteiger partial charge < -0.3 is 0 Å². The molecule has 0 spiro atoms. The van der Waals surface area contributed by atoms with Crippen molar-refractivity contribution in [3.63, 3.8) is 0 Å². The fourth-order valence-corrected chi connectivity index (χ4v) is 4.62. The normalized spacial score (nSPS) is 11.4. The van der Waals surface area contributed by atoms with Gasteiger partial charge in [0.05, 0.1) is 5.69 Å². The number of anilines is 1. The third kappa shape index (κ3) is 3.60. The summed E-state index contributed by atoms with van der Waals surface area (Å²) in [5.74, 6) is -0.455. The van der Waals surface area contributed by atoms with Crippen molar-refractivity contribution < 1.29 is 12.8 Å². The van der Waals surface area contributed by atoms with Crippen LogP contribution in [0.3, 0.4) is 0 Å². The summed E-state index contributed by atoms with van der Waals surface area (Å²) < 4.78 is 41.5. The van der Waals surface area contributed by atoms with Crippen molar-refractivity contribution in [3.8, 4) is 0 Å². The molecule has 0 aliphatic carbocycles. The van der Waals surface area contributed by atoms with Crippen LogP contribution in [0.15, 0.2) is 54.7 Å². The maximum Gasteiger partial charge on any atom is 0.263 e. The van der Waals surface area contributed by atoms with E-state index < -0.39 is 15.8 Å². The van der Waals surface area contributed by atoms with E-state index in [1.165, 1.54) is 24.3 Å². The first-order chi connectivity index (χ1) is 9.29. The second-order valence-electron chi connectivity index (χ2n) is 3.80. The van der Waals surface area contributed by atoms with Crippen LogP contribution in [0.25, 0.3) is 0 Å². The molecule has 1 N–H and O–H groups in total. The standard InChI is InChI=1S/C12H7Br3FNO2S/c13-7-1-3-9(14)12(5-7)20(18,19)17-11-4-2-8(16)6-10(11)15/h1-6,17H. The lowest BCUT2D eigenvalue weighted by Gasteiger charge is -2.11. The van der Waals surface area contributed by atoms with Crippen LogP contribution in [0.2, 0.25) is 0 Å². The first-order valence-corrected chi connectivity index (χ1v) is 9.09. The minimum atomic E-state index is -3.78. The zero-order chi connectivity index (χ0) is 14.9. The highest BCUT2D eigenvalue weighted by Crippen LogP contribution is 2.30. The quantitative estimate of drug-likeness (QED) is 0.668. The molecular weight excluding hydrogens is 481 g/mol. The maximum atomic E-state index is 13.0. The first-order valence-electron chi connectivity index (χ1n) is 5.22. The average molecular weight is 488 g/mol. The van der Waals surface area contributed by atoms with Crippen LogP contribution in [0, 0.1) is 5.82 Å². The molecule has 0 unspecified atom stereocenters. The second-order valence-corrected chi connectivity index (χ2v) is 8.08. The summed E-state index contributed by atoms with van der Waals surface area (Å²) in [7, 11) is -3.78. The molecule has 2 rings (SSSR count). The molecule has 2 aromatic rings. The van der Waals surface area contributed by atoms with E-state index in [2.05, 4.69) is 52.5 Å². The van der Waals surface area contributed by atoms with Gasteiger partial charge in [0.25, 0.3) is 10.0 Å². The Morgan fingerprint density at radius 2 is 1.65 bits per heavy atom. The van der Waals surface area contributed by atoms with Crippen molar-refractivity contribution in [2.24, 2.45) is 0 Å². The van der Waals surface area contributed by atoms with Gasteiger partial charge in [-0.3, -0.25) is 4.72 Å². The molecule has 0 aliphatic rings. The van der Waals surface area contributed by atoms with E-state index in [-0.39, 0.29) is 10.6 Å². The molecule has 0 fully saturated rings. The molecule has 3 nitrogen and oxygen atoms in total. The van der Waals surface area contributed by atoms with E-state index in [1.807, 2.05) is 0 Å². The predicted octanol–water partition coefficient (Wildman–Crippen LogP) is 4.91. The van der Waals surface area contributed by atoms with Crippen molar-refractivity contribution in [3.05, 3.63) is 55.6 Å². The average Bonchev–Trinajstić information content (AvgIpc) is 2.35. The summed E-state index contributed by atoms with van der Waals surface area (Å²) in [6, 6.07) is 8.54. The van der Waals surface area contributed by atoms with Crippen LogP contribution in [0.4, 0.5) is 10.1 Å². The molecule has 0 aromatic heterocycles. The molecule has 0 saturated heterocycles. The summed E-state index contributed by atoms with van der Waals surface area (Å²) in [6.45, 7) is 0. The van der Waals surface area contributed by atoms with Crippen LogP contribution in [0.5, 0.6) is 0 Å². The minimum absolute atomic E-state index is 0.0862. The minimum Gasteiger partial charge on any atom is -0.278 e. The van der Waals surface area contributed by atoms with Gasteiger partial charge in [0.2, 0.25) is 0 Å². The third-order valence-electron chi connectivity index (χ3n) is 2.36. The Morgan fingerprint density at radius 1 is 0.950 bits per heavy atom. The largest absolute Gasteiger partial charge is 0.278 e. The topological polar surface area (TPSA) is 46.2 Å². The van der Waals surface area contributed by atoms with Crippen LogP contribution in [-0.4, -0.2) is 8.42 Å². The lowest BCUT2D eigenvalue weighted by molar-refractivity contribution is 0.600. The maximum absolute atomic E-state index is 13.0. The summed E-state index contributed by atoms with van der Waals surface area (Å²) in [4.78, 5) is 0.0862. The number of hydrogen-bond donors (Lipinski definition) is 1. The first kappa shape index (κ1) is 15.9. The molecule has 20 heavy (non-hydrogen) atoms. The third-order valence-corrected chi connectivity index (χ3v) is 5.87. The van der Waals surface area contributed by atoms with E-state index >= 15 is 0 Å². The highest BCUT2D eigenvalue weighted by molar-refractivity contribution is 9.11. The van der Waals surface area contributed by atoms with Gasteiger partial charge in [0.1, 0.15) is 10.7 Å². The van der Waals surface area contributed by atoms with Crippen LogP contribution in [-0.2, 0) is 10.0 Å². The van der Waals surface area contributed by atoms with E-state index in [9.17, 15) is 12.8 Å². The van der Waals surface area contributed by atoms with Gasteiger partial charge in [-0.05, 0) is 68.3 Å². The van der Waals surface area contributed by atoms with Crippen LogP contribution in [0.1, 0.15) is 0 Å². The number of benzene rings is 2. The van der Waals surface area contributed by atoms with Crippen molar-refractivity contribution in [2.45, 2.75) is 4.90 Å². The predicted molar refractivity (Wildman–Crippen MR) is 86.8 cm³/mol. The molecule has 0 saturated carbocycles. The number of nitrogens with one attached hydrogen (secondary N) is 1. The number of rotatable bonds is 3. The Bertz CT molecular complexity index is 765. The lowest BCUT2D eigenvalue weighted by atomic mass is 10.3. The Labute approximate surface area is 141 Å². The van der Waals surface area contributed by atoms with Crippen LogP contribution < -0.4 is 4.72 Å². The molecule has 2 aromatic carbocycles. The van der Waals surface area contributed by atoms with Gasteiger partial charge >= 0.3 is 0 Å². The zero-order valence-electron chi connectivity index (χ0n) is 9.70. The van der Waals surface area contributed by atoms with Gasteiger partial charge in [-0.15, -0.1) is 0 Å². The molecular formula is C12H7Br3FNO2S. The van der Waals surface area contributed by atoms with E-state index in [0.29, 0.717) is 13.4 Å². The molecule has 0 aliphatic heterocycles. The van der Waals surface area contributed by atoms with Gasteiger partial charge in [-0.25, -0.2) is 12.8 Å². The monoisotopic (exact) mass is 485 g/mol. The second kappa shape index (κ2) is 6.13. The van der Waals surface area contributed by atoms with Gasteiger partial charge in [0, 0.05) is 13.4 Å². The molecule has 106 valence electrons. The lowest BCUT2D eigenvalue weighted by Crippen LogP contribution is -2.14. The fourth-order valence-electron chi connectivity index (χ4n) is 1.46. The Morgan fingerprint density at radius 3 is 2.30 bits per heavy atom. The van der Waals surface area contributed by atoms with Crippen molar-refractivity contribution >= 4 is 63.5 Å². The van der Waals surface area contributed by atoms with Gasteiger partial charge in [0.15, 0.2) is 0 Å². The van der Waals surface area contributed by atoms with Crippen molar-refractivity contribution in [1.29, 1.82) is 0 Å². The fraction of sp³-hybridized carbons (Fsp3) is 0. The van der Waals surface area contributed by atoms with E-state index in [1.54, 1.807) is 12.1 Å². The molecule has 0 atom stereocenters. The zero-order valence-corrected chi connectivity index (χ0v) is 15.3. The molecule has 0 bridgehead atoms.